The lowest BCUT2D eigenvalue weighted by atomic mass is 9.72. The number of nitrogens with one attached hydrogen (secondary N) is 1. The molecule has 2 N–H and O–H groups in total. The summed E-state index contributed by atoms with van der Waals surface area (Å²) >= 11 is 0. The molecular weight excluding hydrogens is 418 g/mol. The minimum atomic E-state index is -0.358. The number of methoxy groups -OCH3 is 1. The van der Waals surface area contributed by atoms with Gasteiger partial charge in [-0.25, -0.2) is 4.79 Å². The Bertz CT molecular complexity index is 1180. The monoisotopic (exact) mass is 443 g/mol. The molecule has 3 aromatic carbocycles. The Kier molecular flexibility index (Phi) is 5.48. The van der Waals surface area contributed by atoms with Crippen molar-refractivity contribution >= 4 is 23.3 Å². The van der Waals surface area contributed by atoms with Crippen LogP contribution in [-0.4, -0.2) is 54.3 Å². The highest BCUT2D eigenvalue weighted by Crippen LogP contribution is 2.48. The molecule has 33 heavy (non-hydrogen) atoms. The Morgan fingerprint density at radius 3 is 2.45 bits per heavy atom. The number of urea groups is 1. The van der Waals surface area contributed by atoms with Gasteiger partial charge in [-0.15, -0.1) is 0 Å². The van der Waals surface area contributed by atoms with Crippen LogP contribution in [0.5, 0.6) is 5.75 Å². The smallest absolute Gasteiger partial charge is 0.322 e. The minimum Gasteiger partial charge on any atom is -0.496 e. The summed E-state index contributed by atoms with van der Waals surface area (Å²) in [5.74, 6) is 0.270. The van der Waals surface area contributed by atoms with Gasteiger partial charge < -0.3 is 25.0 Å². The van der Waals surface area contributed by atoms with Crippen molar-refractivity contribution in [3.05, 3.63) is 90.0 Å². The quantitative estimate of drug-likeness (QED) is 0.644. The van der Waals surface area contributed by atoms with Gasteiger partial charge in [-0.1, -0.05) is 48.5 Å². The van der Waals surface area contributed by atoms with E-state index < -0.39 is 0 Å². The zero-order valence-corrected chi connectivity index (χ0v) is 18.2. The predicted molar refractivity (Wildman–Crippen MR) is 126 cm³/mol. The molecule has 0 spiro atoms. The van der Waals surface area contributed by atoms with Crippen LogP contribution >= 0.6 is 0 Å². The topological polar surface area (TPSA) is 82.1 Å². The van der Waals surface area contributed by atoms with Crippen LogP contribution < -0.4 is 15.0 Å². The largest absolute Gasteiger partial charge is 0.496 e. The summed E-state index contributed by atoms with van der Waals surface area (Å²) in [6, 6.07) is 23.2. The Balaban J connectivity index is 1.49. The summed E-state index contributed by atoms with van der Waals surface area (Å²) in [6.45, 7) is 0.176. The van der Waals surface area contributed by atoms with E-state index >= 15 is 0 Å². The normalized spacial score (nSPS) is 20.8. The molecule has 1 saturated heterocycles. The molecule has 3 amide bonds. The number of para-hydroxylation sites is 3. The highest BCUT2D eigenvalue weighted by molar-refractivity contribution is 6.09. The van der Waals surface area contributed by atoms with E-state index in [1.165, 1.54) is 0 Å². The maximum atomic E-state index is 13.6. The standard InChI is InChI=1S/C26H25N3O4/c1-33-23-14-8-6-12-19(23)25(31)28-15-21-24(18-11-5-7-13-20(18)28)22(16-30)29(21)26(32)27-17-9-3-2-4-10-17/h2-14,21-22,24,30H,15-16H2,1H3,(H,27,32)/t21-,22-,24+/m0/s1. The van der Waals surface area contributed by atoms with E-state index in [-0.39, 0.29) is 36.5 Å². The number of ether oxygens (including phenoxy) is 1. The molecule has 0 unspecified atom stereocenters. The van der Waals surface area contributed by atoms with Gasteiger partial charge in [0.25, 0.3) is 5.91 Å². The lowest BCUT2D eigenvalue weighted by molar-refractivity contribution is -0.00266. The zero-order chi connectivity index (χ0) is 22.9. The van der Waals surface area contributed by atoms with Crippen LogP contribution in [0.1, 0.15) is 21.8 Å². The van der Waals surface area contributed by atoms with E-state index in [2.05, 4.69) is 5.32 Å². The van der Waals surface area contributed by atoms with E-state index in [0.717, 1.165) is 11.3 Å². The van der Waals surface area contributed by atoms with Crippen LogP contribution in [0.3, 0.4) is 0 Å². The lowest BCUT2D eigenvalue weighted by Gasteiger charge is -2.58. The fourth-order valence-electron chi connectivity index (χ4n) is 5.03. The number of rotatable bonds is 4. The number of amides is 3. The summed E-state index contributed by atoms with van der Waals surface area (Å²) in [6.07, 6.45) is 0. The number of hydrogen-bond acceptors (Lipinski definition) is 4. The fraction of sp³-hybridized carbons (Fsp3) is 0.231. The van der Waals surface area contributed by atoms with Gasteiger partial charge in [0, 0.05) is 23.8 Å². The summed E-state index contributed by atoms with van der Waals surface area (Å²) in [5, 5.41) is 13.1. The van der Waals surface area contributed by atoms with Crippen molar-refractivity contribution in [2.24, 2.45) is 0 Å². The average Bonchev–Trinajstić information content (AvgIpc) is 2.84. The van der Waals surface area contributed by atoms with Crippen LogP contribution in [-0.2, 0) is 0 Å². The molecule has 0 bridgehead atoms. The number of carbonyl (C=O) groups excluding carboxylic acids is 2. The van der Waals surface area contributed by atoms with E-state index in [1.54, 1.807) is 35.1 Å². The van der Waals surface area contributed by atoms with Crippen molar-refractivity contribution in [2.75, 3.05) is 30.5 Å². The minimum absolute atomic E-state index is 0.0468. The van der Waals surface area contributed by atoms with Gasteiger partial charge in [0.1, 0.15) is 5.75 Å². The second-order valence-corrected chi connectivity index (χ2v) is 8.22. The number of likely N-dealkylation sites (tertiary alicyclic amines) is 1. The summed E-state index contributed by atoms with van der Waals surface area (Å²) < 4.78 is 5.41. The van der Waals surface area contributed by atoms with Crippen LogP contribution in [0.4, 0.5) is 16.2 Å². The molecule has 2 aliphatic heterocycles. The molecule has 2 aliphatic rings. The van der Waals surface area contributed by atoms with Crippen LogP contribution in [0, 0.1) is 0 Å². The molecular formula is C26H25N3O4. The van der Waals surface area contributed by atoms with Gasteiger partial charge in [0.05, 0.1) is 31.4 Å². The number of hydrogen-bond donors (Lipinski definition) is 2. The molecule has 1 fully saturated rings. The maximum Gasteiger partial charge on any atom is 0.322 e. The van der Waals surface area contributed by atoms with Crippen LogP contribution in [0.2, 0.25) is 0 Å². The first-order chi connectivity index (χ1) is 16.1. The molecule has 5 rings (SSSR count). The van der Waals surface area contributed by atoms with Crippen LogP contribution in [0.25, 0.3) is 0 Å². The lowest BCUT2D eigenvalue weighted by Crippen LogP contribution is -2.71. The first kappa shape index (κ1) is 21.0. The third-order valence-electron chi connectivity index (χ3n) is 6.53. The third-order valence-corrected chi connectivity index (χ3v) is 6.53. The average molecular weight is 444 g/mol. The van der Waals surface area contributed by atoms with Gasteiger partial charge in [-0.2, -0.15) is 0 Å². The number of nitrogens with zero attached hydrogens (tertiary/aromatic N) is 2. The molecule has 3 aromatic rings. The number of anilines is 2. The van der Waals surface area contributed by atoms with Gasteiger partial charge >= 0.3 is 6.03 Å². The number of benzene rings is 3. The summed E-state index contributed by atoms with van der Waals surface area (Å²) in [4.78, 5) is 30.1. The summed E-state index contributed by atoms with van der Waals surface area (Å²) in [7, 11) is 1.54. The Hall–Kier alpha value is -3.84. The molecule has 0 radical (unpaired) electrons. The zero-order valence-electron chi connectivity index (χ0n) is 18.2. The molecule has 0 aromatic heterocycles. The fourth-order valence-corrected chi connectivity index (χ4v) is 5.03. The van der Waals surface area contributed by atoms with Crippen molar-refractivity contribution in [1.82, 2.24) is 4.90 Å². The molecule has 0 saturated carbocycles. The van der Waals surface area contributed by atoms with Crippen molar-refractivity contribution in [2.45, 2.75) is 18.0 Å². The Morgan fingerprint density at radius 1 is 1.00 bits per heavy atom. The second kappa shape index (κ2) is 8.60. The number of fused-ring (bicyclic) bond motifs is 3. The van der Waals surface area contributed by atoms with Crippen LogP contribution in [0.15, 0.2) is 78.9 Å². The summed E-state index contributed by atoms with van der Waals surface area (Å²) in [5.41, 5.74) is 2.91. The molecule has 0 aliphatic carbocycles. The van der Waals surface area contributed by atoms with Crippen molar-refractivity contribution < 1.29 is 19.4 Å². The molecule has 2 heterocycles. The predicted octanol–water partition coefficient (Wildman–Crippen LogP) is 3.72. The van der Waals surface area contributed by atoms with Gasteiger partial charge in [-0.3, -0.25) is 4.79 Å². The van der Waals surface area contributed by atoms with Crippen molar-refractivity contribution in [3.63, 3.8) is 0 Å². The number of aliphatic hydroxyl groups excluding tert-OH is 1. The Morgan fingerprint density at radius 2 is 1.70 bits per heavy atom. The first-order valence-corrected chi connectivity index (χ1v) is 10.9. The number of aliphatic hydroxyl groups is 1. The van der Waals surface area contributed by atoms with Gasteiger partial charge in [-0.05, 0) is 35.9 Å². The van der Waals surface area contributed by atoms with Crippen molar-refractivity contribution in [3.8, 4) is 5.75 Å². The Labute approximate surface area is 192 Å². The maximum absolute atomic E-state index is 13.6. The first-order valence-electron chi connectivity index (χ1n) is 10.9. The molecule has 7 nitrogen and oxygen atoms in total. The van der Waals surface area contributed by atoms with Gasteiger partial charge in [0.2, 0.25) is 0 Å². The molecule has 3 atom stereocenters. The van der Waals surface area contributed by atoms with E-state index in [1.807, 2.05) is 60.7 Å². The highest BCUT2D eigenvalue weighted by Gasteiger charge is 2.55. The SMILES string of the molecule is COc1ccccc1C(=O)N1C[C@H]2[C@@H](c3ccccc31)[C@H](CO)N2C(=O)Nc1ccccc1. The van der Waals surface area contributed by atoms with E-state index in [9.17, 15) is 14.7 Å². The number of carbonyl (C=O) groups is 2. The van der Waals surface area contributed by atoms with Crippen molar-refractivity contribution in [1.29, 1.82) is 0 Å². The highest BCUT2D eigenvalue weighted by atomic mass is 16.5. The molecule has 168 valence electrons. The van der Waals surface area contributed by atoms with E-state index in [4.69, 9.17) is 4.74 Å². The van der Waals surface area contributed by atoms with Gasteiger partial charge in [0.15, 0.2) is 0 Å². The third kappa shape index (κ3) is 3.50. The molecule has 7 heteroatoms. The van der Waals surface area contributed by atoms with E-state index in [0.29, 0.717) is 23.5 Å². The second-order valence-electron chi connectivity index (χ2n) is 8.22.